The first-order valence-electron chi connectivity index (χ1n) is 6.41. The fraction of sp³-hybridized carbons (Fsp3) is 0.538. The number of amidine groups is 1. The Hall–Kier alpha value is -1.66. The molecule has 0 spiro atoms. The summed E-state index contributed by atoms with van der Waals surface area (Å²) in [5.41, 5.74) is 6.15. The maximum absolute atomic E-state index is 10.2. The van der Waals surface area contributed by atoms with Crippen molar-refractivity contribution in [1.82, 2.24) is 10.3 Å². The molecule has 6 heteroatoms. The summed E-state index contributed by atoms with van der Waals surface area (Å²) in [5, 5.41) is 25.0. The number of pyridine rings is 1. The van der Waals surface area contributed by atoms with Crippen LogP contribution in [-0.2, 0) is 6.54 Å². The van der Waals surface area contributed by atoms with E-state index in [-0.39, 0.29) is 5.84 Å². The van der Waals surface area contributed by atoms with Crippen molar-refractivity contribution in [2.75, 3.05) is 6.54 Å². The lowest BCUT2D eigenvalue weighted by Crippen LogP contribution is -2.39. The number of aromatic nitrogens is 1. The third-order valence-corrected chi connectivity index (χ3v) is 3.33. The number of nitrogens with two attached hydrogens (primary N) is 1. The lowest BCUT2D eigenvalue weighted by atomic mass is 9.97. The van der Waals surface area contributed by atoms with Crippen LogP contribution in [0, 0.1) is 0 Å². The summed E-state index contributed by atoms with van der Waals surface area (Å²) in [4.78, 5) is 4.09. The summed E-state index contributed by atoms with van der Waals surface area (Å²) in [6, 6.07) is 3.64. The van der Waals surface area contributed by atoms with Crippen LogP contribution in [0.3, 0.4) is 0 Å². The molecule has 0 atom stereocenters. The van der Waals surface area contributed by atoms with Gasteiger partial charge in [0.2, 0.25) is 0 Å². The van der Waals surface area contributed by atoms with Crippen LogP contribution in [-0.4, -0.2) is 33.3 Å². The number of nitrogens with one attached hydrogen (secondary N) is 1. The maximum atomic E-state index is 10.2. The predicted molar refractivity (Wildman–Crippen MR) is 74.0 cm³/mol. The molecule has 0 saturated carbocycles. The molecule has 6 nitrogen and oxygen atoms in total. The van der Waals surface area contributed by atoms with E-state index in [9.17, 15) is 5.11 Å². The van der Waals surface area contributed by atoms with E-state index >= 15 is 0 Å². The highest BCUT2D eigenvalue weighted by molar-refractivity contribution is 5.96. The number of hydrogen-bond acceptors (Lipinski definition) is 5. The Kier molecular flexibility index (Phi) is 5.72. The van der Waals surface area contributed by atoms with E-state index in [1.165, 1.54) is 0 Å². The fourth-order valence-corrected chi connectivity index (χ4v) is 1.79. The van der Waals surface area contributed by atoms with Crippen LogP contribution in [0.15, 0.2) is 23.5 Å². The second-order valence-electron chi connectivity index (χ2n) is 4.53. The molecule has 0 aromatic carbocycles. The average Bonchev–Trinajstić information content (AvgIpc) is 2.46. The monoisotopic (exact) mass is 266 g/mol. The smallest absolute Gasteiger partial charge is 0.189 e. The van der Waals surface area contributed by atoms with Gasteiger partial charge in [-0.3, -0.25) is 4.98 Å². The molecule has 1 aromatic rings. The predicted octanol–water partition coefficient (Wildman–Crippen LogP) is 0.817. The van der Waals surface area contributed by atoms with Crippen LogP contribution in [0.4, 0.5) is 0 Å². The highest BCUT2D eigenvalue weighted by atomic mass is 16.4. The summed E-state index contributed by atoms with van der Waals surface area (Å²) in [7, 11) is 0. The van der Waals surface area contributed by atoms with E-state index in [2.05, 4.69) is 15.5 Å². The first-order valence-corrected chi connectivity index (χ1v) is 6.41. The molecule has 0 saturated heterocycles. The van der Waals surface area contributed by atoms with Crippen LogP contribution >= 0.6 is 0 Å². The second kappa shape index (κ2) is 7.06. The molecule has 106 valence electrons. The molecule has 0 fully saturated rings. The molecule has 1 aromatic heterocycles. The lowest BCUT2D eigenvalue weighted by molar-refractivity contribution is 0.0323. The van der Waals surface area contributed by atoms with Gasteiger partial charge in [-0.2, -0.15) is 0 Å². The third-order valence-electron chi connectivity index (χ3n) is 3.33. The number of nitrogens with zero attached hydrogens (tertiary/aromatic N) is 2. The molecule has 19 heavy (non-hydrogen) atoms. The first-order chi connectivity index (χ1) is 9.06. The normalized spacial score (nSPS) is 12.7. The molecule has 0 bridgehead atoms. The standard InChI is InChI=1S/C13H22N4O2/c1-3-13(18,4-2)9-15-8-10-6-5-7-16-11(10)12(14)17-19/h5-7,15,18-19H,3-4,8-9H2,1-2H3,(H2,14,17). The summed E-state index contributed by atoms with van der Waals surface area (Å²) in [5.74, 6) is -0.0151. The van der Waals surface area contributed by atoms with E-state index in [1.807, 2.05) is 19.9 Å². The van der Waals surface area contributed by atoms with Crippen molar-refractivity contribution < 1.29 is 10.3 Å². The molecule has 5 N–H and O–H groups in total. The van der Waals surface area contributed by atoms with Crippen molar-refractivity contribution in [1.29, 1.82) is 0 Å². The molecule has 0 aliphatic carbocycles. The number of rotatable bonds is 7. The Morgan fingerprint density at radius 3 is 2.74 bits per heavy atom. The van der Waals surface area contributed by atoms with Crippen LogP contribution in [0.5, 0.6) is 0 Å². The Balaban J connectivity index is 2.69. The zero-order valence-electron chi connectivity index (χ0n) is 11.4. The van der Waals surface area contributed by atoms with Gasteiger partial charge in [0.25, 0.3) is 0 Å². The highest BCUT2D eigenvalue weighted by Gasteiger charge is 2.21. The summed E-state index contributed by atoms with van der Waals surface area (Å²) < 4.78 is 0. The summed E-state index contributed by atoms with van der Waals surface area (Å²) in [6.45, 7) is 4.90. The van der Waals surface area contributed by atoms with Gasteiger partial charge in [0.05, 0.1) is 5.60 Å². The lowest BCUT2D eigenvalue weighted by Gasteiger charge is -2.25. The van der Waals surface area contributed by atoms with Crippen molar-refractivity contribution in [2.45, 2.75) is 38.8 Å². The average molecular weight is 266 g/mol. The highest BCUT2D eigenvalue weighted by Crippen LogP contribution is 2.13. The minimum atomic E-state index is -0.695. The van der Waals surface area contributed by atoms with E-state index in [0.717, 1.165) is 5.56 Å². The molecular formula is C13H22N4O2. The van der Waals surface area contributed by atoms with E-state index in [4.69, 9.17) is 10.9 Å². The number of aliphatic hydroxyl groups is 1. The number of oxime groups is 1. The van der Waals surface area contributed by atoms with Crippen LogP contribution < -0.4 is 11.1 Å². The van der Waals surface area contributed by atoms with E-state index < -0.39 is 5.60 Å². The van der Waals surface area contributed by atoms with Gasteiger partial charge >= 0.3 is 0 Å². The van der Waals surface area contributed by atoms with Crippen molar-refractivity contribution in [3.05, 3.63) is 29.6 Å². The van der Waals surface area contributed by atoms with E-state index in [1.54, 1.807) is 12.3 Å². The van der Waals surface area contributed by atoms with E-state index in [0.29, 0.717) is 31.6 Å². The van der Waals surface area contributed by atoms with Gasteiger partial charge in [-0.1, -0.05) is 25.1 Å². The first kappa shape index (κ1) is 15.4. The quantitative estimate of drug-likeness (QED) is 0.253. The largest absolute Gasteiger partial charge is 0.409 e. The van der Waals surface area contributed by atoms with Crippen LogP contribution in [0.2, 0.25) is 0 Å². The summed E-state index contributed by atoms with van der Waals surface area (Å²) >= 11 is 0. The van der Waals surface area contributed by atoms with Gasteiger partial charge in [0.15, 0.2) is 5.84 Å². The maximum Gasteiger partial charge on any atom is 0.189 e. The van der Waals surface area contributed by atoms with Gasteiger partial charge < -0.3 is 21.4 Å². The van der Waals surface area contributed by atoms with Gasteiger partial charge in [-0.15, -0.1) is 0 Å². The molecule has 0 radical (unpaired) electrons. The molecular weight excluding hydrogens is 244 g/mol. The van der Waals surface area contributed by atoms with Crippen molar-refractivity contribution in [3.63, 3.8) is 0 Å². The minimum absolute atomic E-state index is 0.0151. The topological polar surface area (TPSA) is 104 Å². The Morgan fingerprint density at radius 2 is 2.16 bits per heavy atom. The second-order valence-corrected chi connectivity index (χ2v) is 4.53. The zero-order valence-corrected chi connectivity index (χ0v) is 11.4. The molecule has 0 amide bonds. The Bertz CT molecular complexity index is 430. The molecule has 1 rings (SSSR count). The zero-order chi connectivity index (χ0) is 14.3. The third kappa shape index (κ3) is 4.18. The van der Waals surface area contributed by atoms with Crippen LogP contribution in [0.25, 0.3) is 0 Å². The van der Waals surface area contributed by atoms with Crippen molar-refractivity contribution >= 4 is 5.84 Å². The molecule has 0 aliphatic heterocycles. The van der Waals surface area contributed by atoms with Crippen LogP contribution in [0.1, 0.15) is 37.9 Å². The van der Waals surface area contributed by atoms with Gasteiger partial charge in [0, 0.05) is 19.3 Å². The molecule has 0 aliphatic rings. The van der Waals surface area contributed by atoms with Crippen molar-refractivity contribution in [3.8, 4) is 0 Å². The Labute approximate surface area is 113 Å². The van der Waals surface area contributed by atoms with Gasteiger partial charge in [-0.05, 0) is 24.5 Å². The minimum Gasteiger partial charge on any atom is -0.409 e. The number of hydrogen-bond donors (Lipinski definition) is 4. The molecule has 0 unspecified atom stereocenters. The molecule has 1 heterocycles. The summed E-state index contributed by atoms with van der Waals surface area (Å²) in [6.07, 6.45) is 2.97. The van der Waals surface area contributed by atoms with Gasteiger partial charge in [-0.25, -0.2) is 0 Å². The fourth-order valence-electron chi connectivity index (χ4n) is 1.79. The Morgan fingerprint density at radius 1 is 1.47 bits per heavy atom. The van der Waals surface area contributed by atoms with Crippen molar-refractivity contribution in [2.24, 2.45) is 10.9 Å². The van der Waals surface area contributed by atoms with Gasteiger partial charge in [0.1, 0.15) is 5.69 Å². The SMILES string of the molecule is CCC(O)(CC)CNCc1cccnc1C(N)=NO.